The maximum atomic E-state index is 12.7. The summed E-state index contributed by atoms with van der Waals surface area (Å²) in [4.78, 5) is 29.1. The van der Waals surface area contributed by atoms with Crippen LogP contribution in [0.15, 0.2) is 54.9 Å². The molecule has 1 aromatic heterocycles. The fourth-order valence-corrected chi connectivity index (χ4v) is 2.25. The van der Waals surface area contributed by atoms with Crippen LogP contribution >= 0.6 is 0 Å². The summed E-state index contributed by atoms with van der Waals surface area (Å²) >= 11 is 0. The summed E-state index contributed by atoms with van der Waals surface area (Å²) in [6.45, 7) is 2.05. The van der Waals surface area contributed by atoms with Crippen LogP contribution in [0.5, 0.6) is 0 Å². The number of aromatic nitrogens is 1. The van der Waals surface area contributed by atoms with Crippen LogP contribution in [0.2, 0.25) is 0 Å². The van der Waals surface area contributed by atoms with Gasteiger partial charge in [0.15, 0.2) is 0 Å². The van der Waals surface area contributed by atoms with Crippen molar-refractivity contribution in [1.82, 2.24) is 9.88 Å². The molecule has 0 aliphatic heterocycles. The van der Waals surface area contributed by atoms with Gasteiger partial charge in [-0.05, 0) is 24.6 Å². The maximum Gasteiger partial charge on any atom is 0.305 e. The van der Waals surface area contributed by atoms with Crippen LogP contribution in [0.25, 0.3) is 0 Å². The van der Waals surface area contributed by atoms with Crippen molar-refractivity contribution in [3.8, 4) is 0 Å². The highest BCUT2D eigenvalue weighted by molar-refractivity contribution is 5.94. The highest BCUT2D eigenvalue weighted by Gasteiger charge is 2.23. The number of amides is 1. The lowest BCUT2D eigenvalue weighted by Crippen LogP contribution is -2.35. The Balaban J connectivity index is 2.26. The lowest BCUT2D eigenvalue weighted by atomic mass is 10.1. The molecule has 1 N–H and O–H groups in total. The largest absolute Gasteiger partial charge is 0.481 e. The Morgan fingerprint density at radius 1 is 1.18 bits per heavy atom. The van der Waals surface area contributed by atoms with Crippen molar-refractivity contribution < 1.29 is 14.7 Å². The lowest BCUT2D eigenvalue weighted by Gasteiger charge is -2.29. The zero-order valence-electron chi connectivity index (χ0n) is 12.3. The number of pyridine rings is 1. The Bertz CT molecular complexity index is 629. The van der Waals surface area contributed by atoms with Crippen LogP contribution in [0.3, 0.4) is 0 Å². The van der Waals surface area contributed by atoms with E-state index in [4.69, 9.17) is 5.11 Å². The lowest BCUT2D eigenvalue weighted by molar-refractivity contribution is -0.137. The quantitative estimate of drug-likeness (QED) is 0.890. The van der Waals surface area contributed by atoms with Crippen molar-refractivity contribution in [2.24, 2.45) is 0 Å². The molecule has 1 unspecified atom stereocenters. The van der Waals surface area contributed by atoms with Crippen molar-refractivity contribution in [1.29, 1.82) is 0 Å². The second kappa shape index (κ2) is 7.36. The molecule has 2 aromatic rings. The molecular weight excluding hydrogens is 280 g/mol. The van der Waals surface area contributed by atoms with Crippen molar-refractivity contribution >= 4 is 11.9 Å². The van der Waals surface area contributed by atoms with E-state index in [2.05, 4.69) is 4.98 Å². The van der Waals surface area contributed by atoms with E-state index < -0.39 is 5.97 Å². The molecule has 0 bridgehead atoms. The fourth-order valence-electron chi connectivity index (χ4n) is 2.25. The van der Waals surface area contributed by atoms with Crippen molar-refractivity contribution in [2.45, 2.75) is 19.4 Å². The molecule has 22 heavy (non-hydrogen) atoms. The molecule has 1 amide bonds. The third-order valence-corrected chi connectivity index (χ3v) is 3.49. The molecule has 2 rings (SSSR count). The number of hydrogen-bond acceptors (Lipinski definition) is 3. The smallest absolute Gasteiger partial charge is 0.305 e. The second-order valence-electron chi connectivity index (χ2n) is 4.97. The molecule has 0 spiro atoms. The number of carboxylic acids is 1. The predicted molar refractivity (Wildman–Crippen MR) is 82.4 cm³/mol. The van der Waals surface area contributed by atoms with Gasteiger partial charge in [-0.15, -0.1) is 0 Å². The minimum Gasteiger partial charge on any atom is -0.481 e. The number of benzene rings is 1. The zero-order valence-corrected chi connectivity index (χ0v) is 12.3. The second-order valence-corrected chi connectivity index (χ2v) is 4.97. The first-order chi connectivity index (χ1) is 10.6. The van der Waals surface area contributed by atoms with Gasteiger partial charge in [-0.2, -0.15) is 0 Å². The van der Waals surface area contributed by atoms with E-state index in [-0.39, 0.29) is 24.9 Å². The number of carboxylic acid groups (broad SMARTS) is 1. The molecule has 114 valence electrons. The van der Waals surface area contributed by atoms with Crippen molar-refractivity contribution in [2.75, 3.05) is 6.54 Å². The minimum atomic E-state index is -0.927. The van der Waals surface area contributed by atoms with Gasteiger partial charge in [0.2, 0.25) is 0 Å². The Morgan fingerprint density at radius 2 is 1.91 bits per heavy atom. The van der Waals surface area contributed by atoms with Crippen LogP contribution in [0.4, 0.5) is 0 Å². The normalized spacial score (nSPS) is 11.7. The fraction of sp³-hybridized carbons (Fsp3) is 0.235. The molecule has 0 aliphatic carbocycles. The standard InChI is InChI=1S/C17H18N2O3/c1-13(14-6-3-2-4-7-14)19(11-9-16(20)21)17(22)15-8-5-10-18-12-15/h2-8,10,12-13H,9,11H2,1H3,(H,20,21). The monoisotopic (exact) mass is 298 g/mol. The number of rotatable bonds is 6. The van der Waals surface area contributed by atoms with Crippen LogP contribution in [-0.4, -0.2) is 33.4 Å². The molecule has 5 nitrogen and oxygen atoms in total. The molecule has 0 saturated heterocycles. The first-order valence-electron chi connectivity index (χ1n) is 7.07. The zero-order chi connectivity index (χ0) is 15.9. The summed E-state index contributed by atoms with van der Waals surface area (Å²) in [5.74, 6) is -1.14. The molecule has 0 fully saturated rings. The van der Waals surface area contributed by atoms with Gasteiger partial charge >= 0.3 is 5.97 Å². The van der Waals surface area contributed by atoms with Crippen LogP contribution < -0.4 is 0 Å². The maximum absolute atomic E-state index is 12.7. The van der Waals surface area contributed by atoms with Gasteiger partial charge < -0.3 is 10.0 Å². The van der Waals surface area contributed by atoms with E-state index in [0.29, 0.717) is 5.56 Å². The number of carbonyl (C=O) groups excluding carboxylic acids is 1. The van der Waals surface area contributed by atoms with E-state index in [1.165, 1.54) is 6.20 Å². The topological polar surface area (TPSA) is 70.5 Å². The van der Waals surface area contributed by atoms with Gasteiger partial charge in [0.25, 0.3) is 5.91 Å². The van der Waals surface area contributed by atoms with Gasteiger partial charge in [-0.25, -0.2) is 0 Å². The summed E-state index contributed by atoms with van der Waals surface area (Å²) in [6, 6.07) is 12.7. The van der Waals surface area contributed by atoms with Crippen molar-refractivity contribution in [3.05, 3.63) is 66.0 Å². The average Bonchev–Trinajstić information content (AvgIpc) is 2.56. The van der Waals surface area contributed by atoms with Gasteiger partial charge in [0, 0.05) is 18.9 Å². The van der Waals surface area contributed by atoms with Gasteiger partial charge in [-0.3, -0.25) is 14.6 Å². The third kappa shape index (κ3) is 3.91. The molecule has 1 aromatic carbocycles. The van der Waals surface area contributed by atoms with Crippen molar-refractivity contribution in [3.63, 3.8) is 0 Å². The molecule has 1 heterocycles. The van der Waals surface area contributed by atoms with Crippen LogP contribution in [0, 0.1) is 0 Å². The molecular formula is C17H18N2O3. The summed E-state index contributed by atoms with van der Waals surface area (Å²) in [5, 5.41) is 8.92. The molecule has 1 atom stereocenters. The molecule has 0 saturated carbocycles. The van der Waals surface area contributed by atoms with Crippen LogP contribution in [0.1, 0.15) is 35.3 Å². The Hall–Kier alpha value is -2.69. The van der Waals surface area contributed by atoms with E-state index >= 15 is 0 Å². The summed E-state index contributed by atoms with van der Waals surface area (Å²) < 4.78 is 0. The van der Waals surface area contributed by atoms with E-state index in [0.717, 1.165) is 5.56 Å². The van der Waals surface area contributed by atoms with Crippen LogP contribution in [-0.2, 0) is 4.79 Å². The van der Waals surface area contributed by atoms with E-state index in [1.54, 1.807) is 23.2 Å². The highest BCUT2D eigenvalue weighted by Crippen LogP contribution is 2.22. The third-order valence-electron chi connectivity index (χ3n) is 3.49. The van der Waals surface area contributed by atoms with Gasteiger partial charge in [-0.1, -0.05) is 30.3 Å². The first-order valence-corrected chi connectivity index (χ1v) is 7.07. The van der Waals surface area contributed by atoms with E-state index in [9.17, 15) is 9.59 Å². The number of hydrogen-bond donors (Lipinski definition) is 1. The van der Waals surface area contributed by atoms with E-state index in [1.807, 2.05) is 37.3 Å². The molecule has 0 aliphatic rings. The summed E-state index contributed by atoms with van der Waals surface area (Å²) in [7, 11) is 0. The van der Waals surface area contributed by atoms with Gasteiger partial charge in [0.05, 0.1) is 18.0 Å². The number of nitrogens with zero attached hydrogens (tertiary/aromatic N) is 2. The average molecular weight is 298 g/mol. The molecule has 5 heteroatoms. The molecule has 0 radical (unpaired) electrons. The summed E-state index contributed by atoms with van der Waals surface area (Å²) in [5.41, 5.74) is 1.42. The van der Waals surface area contributed by atoms with Gasteiger partial charge in [0.1, 0.15) is 0 Å². The SMILES string of the molecule is CC(c1ccccc1)N(CCC(=O)O)C(=O)c1cccnc1. The summed E-state index contributed by atoms with van der Waals surface area (Å²) in [6.07, 6.45) is 3.00. The number of aliphatic carboxylic acids is 1. The Kier molecular flexibility index (Phi) is 5.25. The predicted octanol–water partition coefficient (Wildman–Crippen LogP) is 2.76. The first kappa shape index (κ1) is 15.7. The Labute approximate surface area is 129 Å². The highest BCUT2D eigenvalue weighted by atomic mass is 16.4. The minimum absolute atomic E-state index is 0.0941. The number of carbonyl (C=O) groups is 2. The Morgan fingerprint density at radius 3 is 2.50 bits per heavy atom.